The van der Waals surface area contributed by atoms with E-state index in [1.807, 2.05) is 42.1 Å². The standard InChI is InChI=1S/C12H14N2O/c1-9(15)10-3-5-11(6-4-10)12-13-7-8-14(12)2/h3-9,15H,1-2H3. The van der Waals surface area contributed by atoms with Crippen molar-refractivity contribution in [2.45, 2.75) is 13.0 Å². The van der Waals surface area contributed by atoms with E-state index in [9.17, 15) is 5.11 Å². The lowest BCUT2D eigenvalue weighted by molar-refractivity contribution is 0.199. The van der Waals surface area contributed by atoms with E-state index in [2.05, 4.69) is 4.98 Å². The molecule has 15 heavy (non-hydrogen) atoms. The first-order valence-electron chi connectivity index (χ1n) is 4.94. The molecule has 1 N–H and O–H groups in total. The van der Waals surface area contributed by atoms with Gasteiger partial charge < -0.3 is 9.67 Å². The van der Waals surface area contributed by atoms with Gasteiger partial charge in [-0.2, -0.15) is 0 Å². The second-order valence-corrected chi connectivity index (χ2v) is 3.66. The van der Waals surface area contributed by atoms with Crippen molar-refractivity contribution in [3.8, 4) is 11.4 Å². The highest BCUT2D eigenvalue weighted by atomic mass is 16.3. The van der Waals surface area contributed by atoms with Crippen molar-refractivity contribution in [2.24, 2.45) is 7.05 Å². The summed E-state index contributed by atoms with van der Waals surface area (Å²) in [5.41, 5.74) is 1.99. The van der Waals surface area contributed by atoms with Crippen LogP contribution in [0.15, 0.2) is 36.7 Å². The molecule has 0 saturated carbocycles. The Balaban J connectivity index is 2.36. The molecule has 3 heteroatoms. The van der Waals surface area contributed by atoms with E-state index in [1.54, 1.807) is 13.1 Å². The van der Waals surface area contributed by atoms with E-state index in [1.165, 1.54) is 0 Å². The molecule has 0 saturated heterocycles. The highest BCUT2D eigenvalue weighted by Gasteiger charge is 2.04. The third-order valence-electron chi connectivity index (χ3n) is 2.47. The van der Waals surface area contributed by atoms with Gasteiger partial charge in [-0.25, -0.2) is 4.98 Å². The molecule has 78 valence electrons. The van der Waals surface area contributed by atoms with Crippen molar-refractivity contribution in [3.05, 3.63) is 42.2 Å². The van der Waals surface area contributed by atoms with E-state index in [4.69, 9.17) is 0 Å². The van der Waals surface area contributed by atoms with Gasteiger partial charge in [-0.05, 0) is 12.5 Å². The summed E-state index contributed by atoms with van der Waals surface area (Å²) in [6, 6.07) is 7.80. The Bertz CT molecular complexity index is 443. The van der Waals surface area contributed by atoms with E-state index in [0.717, 1.165) is 17.0 Å². The molecule has 0 aliphatic carbocycles. The SMILES string of the molecule is CC(O)c1ccc(-c2nccn2C)cc1. The topological polar surface area (TPSA) is 38.1 Å². The van der Waals surface area contributed by atoms with Crippen LogP contribution in [-0.4, -0.2) is 14.7 Å². The minimum absolute atomic E-state index is 0.416. The average Bonchev–Trinajstić information content (AvgIpc) is 2.65. The quantitative estimate of drug-likeness (QED) is 0.810. The molecule has 0 amide bonds. The van der Waals surface area contributed by atoms with Crippen LogP contribution in [0.3, 0.4) is 0 Å². The van der Waals surface area contributed by atoms with Gasteiger partial charge in [-0.1, -0.05) is 24.3 Å². The Morgan fingerprint density at radius 1 is 1.27 bits per heavy atom. The minimum atomic E-state index is -0.416. The molecule has 0 aliphatic heterocycles. The first kappa shape index (κ1) is 9.93. The lowest BCUT2D eigenvalue weighted by atomic mass is 10.1. The van der Waals surface area contributed by atoms with Crippen LogP contribution in [0.5, 0.6) is 0 Å². The lowest BCUT2D eigenvalue weighted by Crippen LogP contribution is -1.93. The molecule has 2 rings (SSSR count). The highest BCUT2D eigenvalue weighted by molar-refractivity contribution is 5.55. The largest absolute Gasteiger partial charge is 0.389 e. The molecule has 1 atom stereocenters. The van der Waals surface area contributed by atoms with Gasteiger partial charge in [0.1, 0.15) is 5.82 Å². The monoisotopic (exact) mass is 202 g/mol. The molecule has 0 aliphatic rings. The molecular weight excluding hydrogens is 188 g/mol. The fourth-order valence-electron chi connectivity index (χ4n) is 1.55. The van der Waals surface area contributed by atoms with Crippen molar-refractivity contribution in [1.29, 1.82) is 0 Å². The zero-order valence-corrected chi connectivity index (χ0v) is 8.88. The second kappa shape index (κ2) is 3.87. The van der Waals surface area contributed by atoms with Gasteiger partial charge in [0.25, 0.3) is 0 Å². The summed E-state index contributed by atoms with van der Waals surface area (Å²) in [5, 5.41) is 9.38. The van der Waals surface area contributed by atoms with E-state index in [-0.39, 0.29) is 0 Å². The van der Waals surface area contributed by atoms with Gasteiger partial charge in [0.05, 0.1) is 6.10 Å². The summed E-state index contributed by atoms with van der Waals surface area (Å²) in [7, 11) is 1.96. The second-order valence-electron chi connectivity index (χ2n) is 3.66. The van der Waals surface area contributed by atoms with Crippen molar-refractivity contribution < 1.29 is 5.11 Å². The normalized spacial score (nSPS) is 12.7. The third kappa shape index (κ3) is 1.92. The minimum Gasteiger partial charge on any atom is -0.389 e. The number of aryl methyl sites for hydroxylation is 1. The summed E-state index contributed by atoms with van der Waals surface area (Å²) >= 11 is 0. The molecular formula is C12H14N2O. The first-order valence-corrected chi connectivity index (χ1v) is 4.94. The molecule has 2 aromatic rings. The van der Waals surface area contributed by atoms with Crippen LogP contribution in [-0.2, 0) is 7.05 Å². The van der Waals surface area contributed by atoms with Crippen LogP contribution >= 0.6 is 0 Å². The number of hydrogen-bond acceptors (Lipinski definition) is 2. The number of imidazole rings is 1. The smallest absolute Gasteiger partial charge is 0.139 e. The number of nitrogens with zero attached hydrogens (tertiary/aromatic N) is 2. The fourth-order valence-corrected chi connectivity index (χ4v) is 1.55. The predicted octanol–water partition coefficient (Wildman–Crippen LogP) is 2.14. The summed E-state index contributed by atoms with van der Waals surface area (Å²) < 4.78 is 1.97. The molecule has 0 spiro atoms. The highest BCUT2D eigenvalue weighted by Crippen LogP contribution is 2.19. The third-order valence-corrected chi connectivity index (χ3v) is 2.47. The summed E-state index contributed by atoms with van der Waals surface area (Å²) in [6.07, 6.45) is 3.27. The van der Waals surface area contributed by atoms with Crippen LogP contribution in [0.2, 0.25) is 0 Å². The Hall–Kier alpha value is -1.61. The number of aromatic nitrogens is 2. The average molecular weight is 202 g/mol. The Labute approximate surface area is 89.0 Å². The number of aliphatic hydroxyl groups is 1. The van der Waals surface area contributed by atoms with E-state index >= 15 is 0 Å². The van der Waals surface area contributed by atoms with E-state index in [0.29, 0.717) is 0 Å². The zero-order valence-electron chi connectivity index (χ0n) is 8.88. The maximum absolute atomic E-state index is 9.38. The predicted molar refractivity (Wildman–Crippen MR) is 59.3 cm³/mol. The van der Waals surface area contributed by atoms with Crippen LogP contribution in [0.25, 0.3) is 11.4 Å². The lowest BCUT2D eigenvalue weighted by Gasteiger charge is -2.06. The number of benzene rings is 1. The summed E-state index contributed by atoms with van der Waals surface area (Å²) in [4.78, 5) is 4.26. The van der Waals surface area contributed by atoms with Crippen molar-refractivity contribution in [2.75, 3.05) is 0 Å². The molecule has 0 bridgehead atoms. The van der Waals surface area contributed by atoms with Crippen LogP contribution in [0.1, 0.15) is 18.6 Å². The Morgan fingerprint density at radius 2 is 1.93 bits per heavy atom. The van der Waals surface area contributed by atoms with Gasteiger partial charge in [-0.15, -0.1) is 0 Å². The molecule has 1 aromatic heterocycles. The number of rotatable bonds is 2. The molecule has 3 nitrogen and oxygen atoms in total. The van der Waals surface area contributed by atoms with Gasteiger partial charge in [-0.3, -0.25) is 0 Å². The number of hydrogen-bond donors (Lipinski definition) is 1. The maximum atomic E-state index is 9.38. The molecule has 0 fully saturated rings. The van der Waals surface area contributed by atoms with Gasteiger partial charge in [0, 0.05) is 25.0 Å². The van der Waals surface area contributed by atoms with Gasteiger partial charge >= 0.3 is 0 Å². The molecule has 0 radical (unpaired) electrons. The van der Waals surface area contributed by atoms with Crippen molar-refractivity contribution >= 4 is 0 Å². The fraction of sp³-hybridized carbons (Fsp3) is 0.250. The number of aliphatic hydroxyl groups excluding tert-OH is 1. The van der Waals surface area contributed by atoms with Gasteiger partial charge in [0.15, 0.2) is 0 Å². The van der Waals surface area contributed by atoms with Crippen molar-refractivity contribution in [1.82, 2.24) is 9.55 Å². The zero-order chi connectivity index (χ0) is 10.8. The Kier molecular flexibility index (Phi) is 2.56. The van der Waals surface area contributed by atoms with E-state index < -0.39 is 6.10 Å². The summed E-state index contributed by atoms with van der Waals surface area (Å²) in [6.45, 7) is 1.76. The molecule has 1 heterocycles. The molecule has 1 aromatic carbocycles. The van der Waals surface area contributed by atoms with Crippen molar-refractivity contribution in [3.63, 3.8) is 0 Å². The Morgan fingerprint density at radius 3 is 2.40 bits per heavy atom. The first-order chi connectivity index (χ1) is 7.18. The van der Waals surface area contributed by atoms with Crippen LogP contribution < -0.4 is 0 Å². The maximum Gasteiger partial charge on any atom is 0.139 e. The molecule has 1 unspecified atom stereocenters. The summed E-state index contributed by atoms with van der Waals surface area (Å²) in [5.74, 6) is 0.937. The van der Waals surface area contributed by atoms with Crippen LogP contribution in [0.4, 0.5) is 0 Å². The van der Waals surface area contributed by atoms with Gasteiger partial charge in [0.2, 0.25) is 0 Å². The van der Waals surface area contributed by atoms with Crippen LogP contribution in [0, 0.1) is 0 Å².